The van der Waals surface area contributed by atoms with Gasteiger partial charge in [0.15, 0.2) is 5.82 Å². The van der Waals surface area contributed by atoms with Crippen LogP contribution in [-0.4, -0.2) is 45.7 Å². The van der Waals surface area contributed by atoms with Crippen molar-refractivity contribution in [2.24, 2.45) is 0 Å². The Morgan fingerprint density at radius 2 is 2.55 bits per heavy atom. The Bertz CT molecular complexity index is 581. The molecule has 0 bridgehead atoms. The second-order valence-electron chi connectivity index (χ2n) is 4.73. The van der Waals surface area contributed by atoms with Gasteiger partial charge in [-0.25, -0.2) is 4.98 Å². The van der Waals surface area contributed by atoms with Crippen molar-refractivity contribution in [1.82, 2.24) is 20.1 Å². The smallest absolute Gasteiger partial charge is 0.228 e. The molecule has 106 valence electrons. The third-order valence-electron chi connectivity index (χ3n) is 3.23. The third kappa shape index (κ3) is 2.88. The molecule has 20 heavy (non-hydrogen) atoms. The first kappa shape index (κ1) is 13.3. The SMILES string of the molecule is Cc1nc(C2CN(C(=O)Cc3cccs3)CCO2)n[nH]1. The molecule has 3 rings (SSSR count). The fourth-order valence-corrected chi connectivity index (χ4v) is 2.91. The van der Waals surface area contributed by atoms with Crippen molar-refractivity contribution >= 4 is 17.2 Å². The molecule has 1 aliphatic heterocycles. The molecular formula is C13H16N4O2S. The Labute approximate surface area is 120 Å². The summed E-state index contributed by atoms with van der Waals surface area (Å²) < 4.78 is 5.66. The molecule has 1 atom stereocenters. The number of H-pyrrole nitrogens is 1. The fourth-order valence-electron chi connectivity index (χ4n) is 2.21. The standard InChI is InChI=1S/C13H16N4O2S/c1-9-14-13(16-15-9)11-8-17(4-5-19-11)12(18)7-10-3-2-6-20-10/h2-3,6,11H,4-5,7-8H2,1H3,(H,14,15,16). The molecule has 1 aliphatic rings. The number of aromatic amines is 1. The average molecular weight is 292 g/mol. The van der Waals surface area contributed by atoms with Crippen molar-refractivity contribution < 1.29 is 9.53 Å². The van der Waals surface area contributed by atoms with Crippen molar-refractivity contribution in [2.45, 2.75) is 19.4 Å². The van der Waals surface area contributed by atoms with Crippen LogP contribution < -0.4 is 0 Å². The summed E-state index contributed by atoms with van der Waals surface area (Å²) in [5.74, 6) is 1.51. The van der Waals surface area contributed by atoms with Gasteiger partial charge in [0.05, 0.1) is 19.6 Å². The van der Waals surface area contributed by atoms with Gasteiger partial charge in [0.1, 0.15) is 11.9 Å². The lowest BCUT2D eigenvalue weighted by molar-refractivity contribution is -0.138. The predicted molar refractivity (Wildman–Crippen MR) is 74.4 cm³/mol. The van der Waals surface area contributed by atoms with Crippen molar-refractivity contribution in [3.8, 4) is 0 Å². The van der Waals surface area contributed by atoms with E-state index in [1.165, 1.54) is 0 Å². The summed E-state index contributed by atoms with van der Waals surface area (Å²) in [5.41, 5.74) is 0. The largest absolute Gasteiger partial charge is 0.366 e. The summed E-state index contributed by atoms with van der Waals surface area (Å²) in [6.07, 6.45) is 0.221. The number of morpholine rings is 1. The van der Waals surface area contributed by atoms with E-state index in [0.29, 0.717) is 31.9 Å². The van der Waals surface area contributed by atoms with Crippen LogP contribution in [0, 0.1) is 6.92 Å². The highest BCUT2D eigenvalue weighted by atomic mass is 32.1. The second kappa shape index (κ2) is 5.72. The van der Waals surface area contributed by atoms with Gasteiger partial charge in [-0.05, 0) is 18.4 Å². The Balaban J connectivity index is 1.64. The van der Waals surface area contributed by atoms with Gasteiger partial charge in [0.2, 0.25) is 5.91 Å². The molecular weight excluding hydrogens is 276 g/mol. The van der Waals surface area contributed by atoms with Crippen LogP contribution in [0.1, 0.15) is 22.6 Å². The highest BCUT2D eigenvalue weighted by Crippen LogP contribution is 2.20. The van der Waals surface area contributed by atoms with E-state index in [2.05, 4.69) is 15.2 Å². The van der Waals surface area contributed by atoms with E-state index in [4.69, 9.17) is 4.74 Å². The van der Waals surface area contributed by atoms with Gasteiger partial charge in [0, 0.05) is 11.4 Å². The van der Waals surface area contributed by atoms with Crippen molar-refractivity contribution in [1.29, 1.82) is 0 Å². The molecule has 2 aromatic rings. The van der Waals surface area contributed by atoms with E-state index in [9.17, 15) is 4.79 Å². The molecule has 0 aliphatic carbocycles. The van der Waals surface area contributed by atoms with Crippen LogP contribution in [0.4, 0.5) is 0 Å². The highest BCUT2D eigenvalue weighted by molar-refractivity contribution is 7.10. The number of aryl methyl sites for hydroxylation is 1. The molecule has 1 fully saturated rings. The molecule has 3 heterocycles. The number of aromatic nitrogens is 3. The zero-order valence-electron chi connectivity index (χ0n) is 11.2. The topological polar surface area (TPSA) is 71.1 Å². The van der Waals surface area contributed by atoms with Crippen LogP contribution in [0.15, 0.2) is 17.5 Å². The normalized spacial score (nSPS) is 19.2. The summed E-state index contributed by atoms with van der Waals surface area (Å²) >= 11 is 1.61. The predicted octanol–water partition coefficient (Wildman–Crippen LogP) is 1.32. The molecule has 0 radical (unpaired) electrons. The second-order valence-corrected chi connectivity index (χ2v) is 5.77. The first-order chi connectivity index (χ1) is 9.72. The van der Waals surface area contributed by atoms with E-state index in [-0.39, 0.29) is 12.0 Å². The molecule has 6 nitrogen and oxygen atoms in total. The summed E-state index contributed by atoms with van der Waals surface area (Å²) in [5, 5.41) is 8.90. The molecule has 1 N–H and O–H groups in total. The Hall–Kier alpha value is -1.73. The van der Waals surface area contributed by atoms with Gasteiger partial charge in [-0.3, -0.25) is 9.89 Å². The van der Waals surface area contributed by atoms with Crippen LogP contribution in [0.25, 0.3) is 0 Å². The summed E-state index contributed by atoms with van der Waals surface area (Å²) in [4.78, 5) is 19.5. The van der Waals surface area contributed by atoms with Gasteiger partial charge < -0.3 is 9.64 Å². The monoisotopic (exact) mass is 292 g/mol. The van der Waals surface area contributed by atoms with Crippen LogP contribution in [0.2, 0.25) is 0 Å². The number of carbonyl (C=O) groups is 1. The number of hydrogen-bond acceptors (Lipinski definition) is 5. The molecule has 1 saturated heterocycles. The molecule has 0 aromatic carbocycles. The lowest BCUT2D eigenvalue weighted by atomic mass is 10.2. The van der Waals surface area contributed by atoms with E-state index >= 15 is 0 Å². The van der Waals surface area contributed by atoms with Crippen molar-refractivity contribution in [3.05, 3.63) is 34.0 Å². The first-order valence-corrected chi connectivity index (χ1v) is 7.41. The molecule has 2 aromatic heterocycles. The summed E-state index contributed by atoms with van der Waals surface area (Å²) in [7, 11) is 0. The van der Waals surface area contributed by atoms with Gasteiger partial charge in [-0.2, -0.15) is 5.10 Å². The number of nitrogens with one attached hydrogen (secondary N) is 1. The Morgan fingerprint density at radius 1 is 1.65 bits per heavy atom. The van der Waals surface area contributed by atoms with Gasteiger partial charge >= 0.3 is 0 Å². The maximum atomic E-state index is 12.3. The number of thiophene rings is 1. The molecule has 1 unspecified atom stereocenters. The lowest BCUT2D eigenvalue weighted by Gasteiger charge is -2.31. The number of carbonyl (C=O) groups excluding carboxylic acids is 1. The van der Waals surface area contributed by atoms with Crippen LogP contribution in [0.3, 0.4) is 0 Å². The first-order valence-electron chi connectivity index (χ1n) is 6.53. The van der Waals surface area contributed by atoms with E-state index in [1.807, 2.05) is 29.3 Å². The quantitative estimate of drug-likeness (QED) is 0.926. The van der Waals surface area contributed by atoms with Crippen LogP contribution in [0.5, 0.6) is 0 Å². The number of amides is 1. The number of nitrogens with zero attached hydrogens (tertiary/aromatic N) is 3. The number of ether oxygens (including phenoxy) is 1. The summed E-state index contributed by atoms with van der Waals surface area (Å²) in [6.45, 7) is 3.51. The molecule has 0 saturated carbocycles. The maximum absolute atomic E-state index is 12.3. The minimum atomic E-state index is -0.235. The number of hydrogen-bond donors (Lipinski definition) is 1. The van der Waals surface area contributed by atoms with Crippen molar-refractivity contribution in [2.75, 3.05) is 19.7 Å². The van der Waals surface area contributed by atoms with Gasteiger partial charge in [-0.15, -0.1) is 11.3 Å². The van der Waals surface area contributed by atoms with E-state index in [0.717, 1.165) is 10.7 Å². The van der Waals surface area contributed by atoms with Crippen LogP contribution in [-0.2, 0) is 16.0 Å². The third-order valence-corrected chi connectivity index (χ3v) is 4.10. The minimum absolute atomic E-state index is 0.132. The minimum Gasteiger partial charge on any atom is -0.366 e. The lowest BCUT2D eigenvalue weighted by Crippen LogP contribution is -2.43. The maximum Gasteiger partial charge on any atom is 0.228 e. The Kier molecular flexibility index (Phi) is 3.79. The van der Waals surface area contributed by atoms with E-state index in [1.54, 1.807) is 11.3 Å². The fraction of sp³-hybridized carbons (Fsp3) is 0.462. The highest BCUT2D eigenvalue weighted by Gasteiger charge is 2.27. The van der Waals surface area contributed by atoms with Gasteiger partial charge in [-0.1, -0.05) is 6.07 Å². The molecule has 7 heteroatoms. The molecule has 1 amide bonds. The molecule has 0 spiro atoms. The van der Waals surface area contributed by atoms with E-state index < -0.39 is 0 Å². The van der Waals surface area contributed by atoms with Crippen LogP contribution >= 0.6 is 11.3 Å². The number of rotatable bonds is 3. The summed E-state index contributed by atoms with van der Waals surface area (Å²) in [6, 6.07) is 3.95. The van der Waals surface area contributed by atoms with Gasteiger partial charge in [0.25, 0.3) is 0 Å². The van der Waals surface area contributed by atoms with Crippen molar-refractivity contribution in [3.63, 3.8) is 0 Å². The average Bonchev–Trinajstić information content (AvgIpc) is 3.10. The zero-order chi connectivity index (χ0) is 13.9. The Morgan fingerprint density at radius 3 is 3.25 bits per heavy atom. The zero-order valence-corrected chi connectivity index (χ0v) is 12.0.